The molecular weight excluding hydrogens is 331 g/mol. The molecule has 4 nitrogen and oxygen atoms in total. The largest absolute Gasteiger partial charge is 0.455 e. The van der Waals surface area contributed by atoms with Gasteiger partial charge >= 0.3 is 0 Å². The average molecular weight is 351 g/mol. The van der Waals surface area contributed by atoms with Gasteiger partial charge in [0.05, 0.1) is 5.69 Å². The molecule has 1 saturated heterocycles. The maximum atomic E-state index is 13.6. The van der Waals surface area contributed by atoms with Crippen LogP contribution in [0.2, 0.25) is 0 Å². The number of nitrogens with one attached hydrogen (secondary N) is 2. The topological polar surface area (TPSA) is 50.4 Å². The van der Waals surface area contributed by atoms with Crippen LogP contribution in [0.4, 0.5) is 10.1 Å². The van der Waals surface area contributed by atoms with Gasteiger partial charge in [-0.05, 0) is 43.3 Å². The number of hydrogen-bond acceptors (Lipinski definition) is 3. The molecule has 1 heterocycles. The Hall–Kier alpha value is -2.11. The van der Waals surface area contributed by atoms with Crippen LogP contribution in [0.5, 0.6) is 11.5 Å². The van der Waals surface area contributed by atoms with E-state index in [0.717, 1.165) is 13.1 Å². The van der Waals surface area contributed by atoms with E-state index in [1.54, 1.807) is 12.1 Å². The van der Waals surface area contributed by atoms with E-state index in [1.807, 2.05) is 25.1 Å². The van der Waals surface area contributed by atoms with E-state index in [9.17, 15) is 9.18 Å². The van der Waals surface area contributed by atoms with Crippen molar-refractivity contribution in [1.82, 2.24) is 5.32 Å². The molecule has 3 rings (SSSR count). The fraction of sp³-hybridized carbons (Fsp3) is 0.278. The van der Waals surface area contributed by atoms with Crippen molar-refractivity contribution in [3.63, 3.8) is 0 Å². The summed E-state index contributed by atoms with van der Waals surface area (Å²) >= 11 is 0. The number of carbonyl (C=O) groups excluding carboxylic acids is 1. The molecule has 1 aliphatic heterocycles. The summed E-state index contributed by atoms with van der Waals surface area (Å²) in [5.41, 5.74) is 0.345. The minimum Gasteiger partial charge on any atom is -0.455 e. The molecule has 0 spiro atoms. The third-order valence-electron chi connectivity index (χ3n) is 4.10. The van der Waals surface area contributed by atoms with Gasteiger partial charge in [0, 0.05) is 12.0 Å². The monoisotopic (exact) mass is 350 g/mol. The van der Waals surface area contributed by atoms with Gasteiger partial charge in [0.1, 0.15) is 11.6 Å². The lowest BCUT2D eigenvalue weighted by Gasteiger charge is -2.31. The van der Waals surface area contributed by atoms with Crippen LogP contribution in [0.15, 0.2) is 48.5 Å². The smallest absolute Gasteiger partial charge is 0.227 e. The van der Waals surface area contributed by atoms with Crippen molar-refractivity contribution in [2.24, 2.45) is 11.8 Å². The Kier molecular flexibility index (Phi) is 6.17. The Labute approximate surface area is 146 Å². The minimum atomic E-state index is -0.418. The molecule has 128 valence electrons. The van der Waals surface area contributed by atoms with Crippen molar-refractivity contribution in [2.45, 2.75) is 6.92 Å². The fourth-order valence-corrected chi connectivity index (χ4v) is 2.43. The second-order valence-electron chi connectivity index (χ2n) is 5.75. The Bertz CT molecular complexity index is 693. The van der Waals surface area contributed by atoms with E-state index >= 15 is 0 Å². The van der Waals surface area contributed by atoms with Crippen LogP contribution >= 0.6 is 12.4 Å². The first kappa shape index (κ1) is 18.2. The Balaban J connectivity index is 0.00000208. The Morgan fingerprint density at radius 1 is 1.25 bits per heavy atom. The highest BCUT2D eigenvalue weighted by atomic mass is 35.5. The fourth-order valence-electron chi connectivity index (χ4n) is 2.43. The maximum absolute atomic E-state index is 13.6. The first-order valence-corrected chi connectivity index (χ1v) is 7.67. The molecular formula is C18H20ClFN2O2. The van der Waals surface area contributed by atoms with E-state index in [0.29, 0.717) is 23.1 Å². The van der Waals surface area contributed by atoms with Crippen LogP contribution in [0.1, 0.15) is 6.92 Å². The zero-order valence-corrected chi connectivity index (χ0v) is 14.1. The number of ether oxygens (including phenoxy) is 1. The third kappa shape index (κ3) is 4.24. The molecule has 1 aliphatic rings. The molecule has 0 aromatic heterocycles. The molecule has 0 saturated carbocycles. The van der Waals surface area contributed by atoms with Gasteiger partial charge in [-0.3, -0.25) is 4.79 Å². The van der Waals surface area contributed by atoms with Gasteiger partial charge in [0.15, 0.2) is 5.75 Å². The number of amides is 1. The molecule has 24 heavy (non-hydrogen) atoms. The van der Waals surface area contributed by atoms with Gasteiger partial charge in [-0.2, -0.15) is 0 Å². The molecule has 0 radical (unpaired) electrons. The van der Waals surface area contributed by atoms with E-state index in [4.69, 9.17) is 4.74 Å². The lowest BCUT2D eigenvalue weighted by molar-refractivity contribution is -0.121. The molecule has 0 bridgehead atoms. The summed E-state index contributed by atoms with van der Waals surface area (Å²) in [6.07, 6.45) is 0. The lowest BCUT2D eigenvalue weighted by atomic mass is 9.88. The van der Waals surface area contributed by atoms with E-state index < -0.39 is 5.82 Å². The molecule has 2 N–H and O–H groups in total. The average Bonchev–Trinajstić information content (AvgIpc) is 2.49. The molecule has 1 fully saturated rings. The summed E-state index contributed by atoms with van der Waals surface area (Å²) in [6, 6.07) is 13.3. The van der Waals surface area contributed by atoms with Crippen molar-refractivity contribution >= 4 is 24.0 Å². The number of para-hydroxylation sites is 1. The highest BCUT2D eigenvalue weighted by Crippen LogP contribution is 2.31. The van der Waals surface area contributed by atoms with Crippen molar-refractivity contribution in [1.29, 1.82) is 0 Å². The van der Waals surface area contributed by atoms with Crippen LogP contribution in [0.25, 0.3) is 0 Å². The normalized spacial score (nSPS) is 14.9. The number of hydrogen-bond donors (Lipinski definition) is 2. The van der Waals surface area contributed by atoms with Crippen LogP contribution < -0.4 is 15.4 Å². The number of anilines is 1. The van der Waals surface area contributed by atoms with E-state index in [2.05, 4.69) is 10.6 Å². The van der Waals surface area contributed by atoms with Gasteiger partial charge in [0.2, 0.25) is 5.91 Å². The van der Waals surface area contributed by atoms with E-state index in [-0.39, 0.29) is 24.2 Å². The minimum absolute atomic E-state index is 0. The number of benzene rings is 2. The Morgan fingerprint density at radius 2 is 1.96 bits per heavy atom. The summed E-state index contributed by atoms with van der Waals surface area (Å²) < 4.78 is 19.3. The molecule has 2 aromatic rings. The standard InChI is InChI=1S/C18H19FN2O2.ClH/c1-12(13-10-20-11-13)18(22)21-16-9-14(19)7-8-17(16)23-15-5-3-2-4-6-15;/h2-9,12-13,20H,10-11H2,1H3,(H,21,22);1H. The van der Waals surface area contributed by atoms with Crippen LogP contribution in [-0.2, 0) is 4.79 Å². The Morgan fingerprint density at radius 3 is 2.58 bits per heavy atom. The quantitative estimate of drug-likeness (QED) is 0.861. The van der Waals surface area contributed by atoms with Crippen molar-refractivity contribution in [3.8, 4) is 11.5 Å². The van der Waals surface area contributed by atoms with Gasteiger partial charge in [0.25, 0.3) is 0 Å². The van der Waals surface area contributed by atoms with Crippen LogP contribution in [0, 0.1) is 17.7 Å². The highest BCUT2D eigenvalue weighted by Gasteiger charge is 2.29. The number of carbonyl (C=O) groups is 1. The van der Waals surface area contributed by atoms with Gasteiger partial charge < -0.3 is 15.4 Å². The lowest BCUT2D eigenvalue weighted by Crippen LogP contribution is -2.48. The molecule has 1 unspecified atom stereocenters. The number of halogens is 2. The first-order valence-electron chi connectivity index (χ1n) is 7.67. The molecule has 6 heteroatoms. The summed E-state index contributed by atoms with van der Waals surface area (Å²) in [7, 11) is 0. The summed E-state index contributed by atoms with van der Waals surface area (Å²) in [5, 5.41) is 5.94. The SMILES string of the molecule is CC(C(=O)Nc1cc(F)ccc1Oc1ccccc1)C1CNC1.Cl. The molecule has 1 amide bonds. The van der Waals surface area contributed by atoms with Crippen LogP contribution in [-0.4, -0.2) is 19.0 Å². The van der Waals surface area contributed by atoms with Crippen molar-refractivity contribution < 1.29 is 13.9 Å². The van der Waals surface area contributed by atoms with Crippen molar-refractivity contribution in [2.75, 3.05) is 18.4 Å². The highest BCUT2D eigenvalue weighted by molar-refractivity contribution is 5.94. The van der Waals surface area contributed by atoms with Gasteiger partial charge in [-0.25, -0.2) is 4.39 Å². The second kappa shape index (κ2) is 8.13. The molecule has 0 aliphatic carbocycles. The summed E-state index contributed by atoms with van der Waals surface area (Å²) in [5.74, 6) is 0.695. The number of rotatable bonds is 5. The summed E-state index contributed by atoms with van der Waals surface area (Å²) in [4.78, 5) is 12.3. The zero-order valence-electron chi connectivity index (χ0n) is 13.3. The third-order valence-corrected chi connectivity index (χ3v) is 4.10. The zero-order chi connectivity index (χ0) is 16.2. The first-order chi connectivity index (χ1) is 11.1. The van der Waals surface area contributed by atoms with Gasteiger partial charge in [-0.1, -0.05) is 25.1 Å². The second-order valence-corrected chi connectivity index (χ2v) is 5.75. The summed E-state index contributed by atoms with van der Waals surface area (Å²) in [6.45, 7) is 3.56. The molecule has 2 aromatic carbocycles. The van der Waals surface area contributed by atoms with E-state index in [1.165, 1.54) is 18.2 Å². The predicted molar refractivity (Wildman–Crippen MR) is 94.3 cm³/mol. The molecule has 1 atom stereocenters. The van der Waals surface area contributed by atoms with Crippen molar-refractivity contribution in [3.05, 3.63) is 54.3 Å². The predicted octanol–water partition coefficient (Wildman–Crippen LogP) is 3.83. The maximum Gasteiger partial charge on any atom is 0.227 e. The van der Waals surface area contributed by atoms with Crippen LogP contribution in [0.3, 0.4) is 0 Å². The van der Waals surface area contributed by atoms with Gasteiger partial charge in [-0.15, -0.1) is 12.4 Å².